The number of rotatable bonds is 6. The molecule has 20 heavy (non-hydrogen) atoms. The van der Waals surface area contributed by atoms with Gasteiger partial charge in [0.25, 0.3) is 5.69 Å². The minimum absolute atomic E-state index is 0.0419. The van der Waals surface area contributed by atoms with Gasteiger partial charge in [-0.15, -0.1) is 0 Å². The maximum Gasteiger partial charge on any atom is 0.275 e. The molecule has 1 fully saturated rings. The first kappa shape index (κ1) is 14.6. The monoisotopic (exact) mass is 279 g/mol. The van der Waals surface area contributed by atoms with E-state index in [0.29, 0.717) is 5.75 Å². The standard InChI is InChI=1S/C14H21N3O3/c1-11(10-16-5-3-4-6-16)15-12-7-13(17(18)19)9-14(8-12)20-2/h7-9,11,15H,3-6,10H2,1-2H3. The Bertz CT molecular complexity index is 473. The van der Waals surface area contributed by atoms with E-state index in [0.717, 1.165) is 25.3 Å². The van der Waals surface area contributed by atoms with Crippen LogP contribution in [-0.2, 0) is 0 Å². The van der Waals surface area contributed by atoms with E-state index in [1.807, 2.05) is 0 Å². The summed E-state index contributed by atoms with van der Waals surface area (Å²) in [6.07, 6.45) is 2.52. The lowest BCUT2D eigenvalue weighted by Crippen LogP contribution is -2.32. The molecule has 1 unspecified atom stereocenters. The molecule has 1 aromatic carbocycles. The Hall–Kier alpha value is -1.82. The molecular formula is C14H21N3O3. The van der Waals surface area contributed by atoms with E-state index < -0.39 is 4.92 Å². The number of nitrogens with zero attached hydrogens (tertiary/aromatic N) is 2. The SMILES string of the molecule is COc1cc(NC(C)CN2CCCC2)cc([N+](=O)[O-])c1. The number of benzene rings is 1. The van der Waals surface area contributed by atoms with Gasteiger partial charge in [0.15, 0.2) is 0 Å². The van der Waals surface area contributed by atoms with Crippen LogP contribution < -0.4 is 10.1 Å². The third-order valence-electron chi connectivity index (χ3n) is 3.48. The summed E-state index contributed by atoms with van der Waals surface area (Å²) in [4.78, 5) is 12.9. The first-order valence-electron chi connectivity index (χ1n) is 6.91. The summed E-state index contributed by atoms with van der Waals surface area (Å²) >= 11 is 0. The maximum atomic E-state index is 10.9. The quantitative estimate of drug-likeness (QED) is 0.640. The Morgan fingerprint density at radius 1 is 1.40 bits per heavy atom. The van der Waals surface area contributed by atoms with Crippen molar-refractivity contribution in [3.63, 3.8) is 0 Å². The van der Waals surface area contributed by atoms with Gasteiger partial charge in [0.2, 0.25) is 0 Å². The van der Waals surface area contributed by atoms with Gasteiger partial charge in [0, 0.05) is 30.4 Å². The number of nitro groups is 1. The lowest BCUT2D eigenvalue weighted by atomic mass is 10.2. The number of ether oxygens (including phenoxy) is 1. The molecule has 1 heterocycles. The molecule has 1 atom stereocenters. The highest BCUT2D eigenvalue weighted by Gasteiger charge is 2.16. The van der Waals surface area contributed by atoms with Crippen LogP contribution in [0.3, 0.4) is 0 Å². The highest BCUT2D eigenvalue weighted by Crippen LogP contribution is 2.26. The molecule has 1 aliphatic heterocycles. The molecular weight excluding hydrogens is 258 g/mol. The summed E-state index contributed by atoms with van der Waals surface area (Å²) in [6, 6.07) is 4.99. The zero-order chi connectivity index (χ0) is 14.5. The smallest absolute Gasteiger partial charge is 0.275 e. The minimum Gasteiger partial charge on any atom is -0.496 e. The molecule has 0 radical (unpaired) electrons. The Labute approximate surface area is 118 Å². The second-order valence-corrected chi connectivity index (χ2v) is 5.23. The van der Waals surface area contributed by atoms with Crippen LogP contribution in [0.25, 0.3) is 0 Å². The van der Waals surface area contributed by atoms with E-state index >= 15 is 0 Å². The largest absolute Gasteiger partial charge is 0.496 e. The molecule has 110 valence electrons. The van der Waals surface area contributed by atoms with E-state index in [1.165, 1.54) is 26.0 Å². The molecule has 6 heteroatoms. The zero-order valence-electron chi connectivity index (χ0n) is 12.0. The molecule has 0 saturated carbocycles. The molecule has 2 rings (SSSR count). The molecule has 1 aromatic rings. The third-order valence-corrected chi connectivity index (χ3v) is 3.48. The van der Waals surface area contributed by atoms with Crippen molar-refractivity contribution in [3.05, 3.63) is 28.3 Å². The van der Waals surface area contributed by atoms with Crippen LogP contribution in [0, 0.1) is 10.1 Å². The van der Waals surface area contributed by atoms with Crippen molar-refractivity contribution < 1.29 is 9.66 Å². The summed E-state index contributed by atoms with van der Waals surface area (Å²) in [7, 11) is 1.51. The van der Waals surface area contributed by atoms with Crippen molar-refractivity contribution >= 4 is 11.4 Å². The molecule has 0 aromatic heterocycles. The molecule has 0 spiro atoms. The van der Waals surface area contributed by atoms with Crippen LogP contribution >= 0.6 is 0 Å². The van der Waals surface area contributed by atoms with Crippen molar-refractivity contribution in [1.29, 1.82) is 0 Å². The fraction of sp³-hybridized carbons (Fsp3) is 0.571. The summed E-state index contributed by atoms with van der Waals surface area (Å²) in [5.74, 6) is 0.495. The lowest BCUT2D eigenvalue weighted by Gasteiger charge is -2.22. The number of nitrogens with one attached hydrogen (secondary N) is 1. The maximum absolute atomic E-state index is 10.9. The van der Waals surface area contributed by atoms with E-state index in [-0.39, 0.29) is 11.7 Å². The Balaban J connectivity index is 2.03. The molecule has 1 saturated heterocycles. The van der Waals surface area contributed by atoms with E-state index in [4.69, 9.17) is 4.74 Å². The molecule has 1 N–H and O–H groups in total. The summed E-state index contributed by atoms with van der Waals surface area (Å²) < 4.78 is 5.11. The predicted octanol–water partition coefficient (Wildman–Crippen LogP) is 2.50. The second-order valence-electron chi connectivity index (χ2n) is 5.23. The number of hydrogen-bond donors (Lipinski definition) is 1. The number of anilines is 1. The van der Waals surface area contributed by atoms with Crippen molar-refractivity contribution in [2.45, 2.75) is 25.8 Å². The van der Waals surface area contributed by atoms with E-state index in [1.54, 1.807) is 12.1 Å². The normalized spacial score (nSPS) is 16.9. The molecule has 0 aliphatic carbocycles. The van der Waals surface area contributed by atoms with E-state index in [9.17, 15) is 10.1 Å². The van der Waals surface area contributed by atoms with Gasteiger partial charge in [0.1, 0.15) is 5.75 Å². The molecule has 0 amide bonds. The van der Waals surface area contributed by atoms with Gasteiger partial charge in [-0.25, -0.2) is 0 Å². The molecule has 0 bridgehead atoms. The van der Waals surface area contributed by atoms with Crippen LogP contribution in [0.15, 0.2) is 18.2 Å². The Morgan fingerprint density at radius 3 is 2.70 bits per heavy atom. The number of likely N-dealkylation sites (tertiary alicyclic amines) is 1. The fourth-order valence-corrected chi connectivity index (χ4v) is 2.57. The molecule has 6 nitrogen and oxygen atoms in total. The summed E-state index contributed by atoms with van der Waals surface area (Å²) in [5.41, 5.74) is 0.767. The van der Waals surface area contributed by atoms with Gasteiger partial charge in [-0.05, 0) is 32.9 Å². The zero-order valence-corrected chi connectivity index (χ0v) is 12.0. The van der Waals surface area contributed by atoms with Crippen LogP contribution in [-0.4, -0.2) is 42.6 Å². The van der Waals surface area contributed by atoms with Crippen LogP contribution in [0.1, 0.15) is 19.8 Å². The number of hydrogen-bond acceptors (Lipinski definition) is 5. The van der Waals surface area contributed by atoms with Crippen molar-refractivity contribution in [3.8, 4) is 5.75 Å². The van der Waals surface area contributed by atoms with Gasteiger partial charge in [-0.3, -0.25) is 10.1 Å². The second kappa shape index (κ2) is 6.56. The van der Waals surface area contributed by atoms with Crippen molar-refractivity contribution in [2.75, 3.05) is 32.1 Å². The third kappa shape index (κ3) is 3.84. The van der Waals surface area contributed by atoms with Gasteiger partial charge >= 0.3 is 0 Å². The van der Waals surface area contributed by atoms with Gasteiger partial charge in [-0.2, -0.15) is 0 Å². The first-order chi connectivity index (χ1) is 9.58. The average molecular weight is 279 g/mol. The minimum atomic E-state index is -0.404. The predicted molar refractivity (Wildman–Crippen MR) is 78.4 cm³/mol. The first-order valence-corrected chi connectivity index (χ1v) is 6.91. The summed E-state index contributed by atoms with van der Waals surface area (Å²) in [5, 5.41) is 14.2. The van der Waals surface area contributed by atoms with Crippen LogP contribution in [0.4, 0.5) is 11.4 Å². The number of non-ortho nitro benzene ring substituents is 1. The molecule has 1 aliphatic rings. The van der Waals surface area contributed by atoms with Gasteiger partial charge < -0.3 is 15.0 Å². The summed E-state index contributed by atoms with van der Waals surface area (Å²) in [6.45, 7) is 5.32. The van der Waals surface area contributed by atoms with Crippen LogP contribution in [0.5, 0.6) is 5.75 Å². The highest BCUT2D eigenvalue weighted by molar-refractivity contribution is 5.56. The van der Waals surface area contributed by atoms with Gasteiger partial charge in [-0.1, -0.05) is 0 Å². The number of methoxy groups -OCH3 is 1. The van der Waals surface area contributed by atoms with E-state index in [2.05, 4.69) is 17.1 Å². The average Bonchev–Trinajstić information content (AvgIpc) is 2.90. The fourth-order valence-electron chi connectivity index (χ4n) is 2.57. The van der Waals surface area contributed by atoms with Crippen molar-refractivity contribution in [2.24, 2.45) is 0 Å². The van der Waals surface area contributed by atoms with Crippen molar-refractivity contribution in [1.82, 2.24) is 4.90 Å². The lowest BCUT2D eigenvalue weighted by molar-refractivity contribution is -0.384. The van der Waals surface area contributed by atoms with Crippen LogP contribution in [0.2, 0.25) is 0 Å². The van der Waals surface area contributed by atoms with Gasteiger partial charge in [0.05, 0.1) is 18.1 Å². The highest BCUT2D eigenvalue weighted by atomic mass is 16.6. The Morgan fingerprint density at radius 2 is 2.10 bits per heavy atom. The number of nitro benzene ring substituents is 1. The Kier molecular flexibility index (Phi) is 4.79. The topological polar surface area (TPSA) is 67.6 Å².